The molecule has 1 aromatic heterocycles. The predicted molar refractivity (Wildman–Crippen MR) is 68.9 cm³/mol. The van der Waals surface area contributed by atoms with E-state index in [4.69, 9.17) is 9.47 Å². The number of aryl methyl sites for hydroxylation is 1. The lowest BCUT2D eigenvalue weighted by atomic mass is 10.3. The Morgan fingerprint density at radius 2 is 2.42 bits per heavy atom. The highest BCUT2D eigenvalue weighted by molar-refractivity contribution is 5.21. The van der Waals surface area contributed by atoms with Crippen LogP contribution in [0.5, 0.6) is 0 Å². The number of aromatic nitrogens is 2. The van der Waals surface area contributed by atoms with Gasteiger partial charge in [-0.1, -0.05) is 0 Å². The summed E-state index contributed by atoms with van der Waals surface area (Å²) in [5, 5.41) is 0. The van der Waals surface area contributed by atoms with Crippen molar-refractivity contribution in [2.24, 2.45) is 0 Å². The predicted octanol–water partition coefficient (Wildman–Crippen LogP) is 0.199. The van der Waals surface area contributed by atoms with E-state index in [1.165, 1.54) is 0 Å². The minimum atomic E-state index is -0.00453. The number of nitrogens with zero attached hydrogens (tertiary/aromatic N) is 2. The van der Waals surface area contributed by atoms with Gasteiger partial charge in [0.2, 0.25) is 0 Å². The summed E-state index contributed by atoms with van der Waals surface area (Å²) in [4.78, 5) is 21.1. The standard InChI is InChI=1S/C13H19N3O3/c1-9-14-12-7-16(6-11(12)13(17)15-9)3-5-19-10-2-4-18-8-10/h10H,2-8H2,1H3,(H,14,15,17). The minimum Gasteiger partial charge on any atom is -0.379 e. The second-order valence-electron chi connectivity index (χ2n) is 5.14. The van der Waals surface area contributed by atoms with Gasteiger partial charge in [-0.25, -0.2) is 4.98 Å². The average Bonchev–Trinajstić information content (AvgIpc) is 2.98. The first kappa shape index (κ1) is 12.8. The summed E-state index contributed by atoms with van der Waals surface area (Å²) in [6.45, 7) is 6.24. The third-order valence-corrected chi connectivity index (χ3v) is 3.62. The van der Waals surface area contributed by atoms with Crippen molar-refractivity contribution in [3.8, 4) is 0 Å². The summed E-state index contributed by atoms with van der Waals surface area (Å²) in [5.41, 5.74) is 1.70. The van der Waals surface area contributed by atoms with Crippen LogP contribution in [0.2, 0.25) is 0 Å². The molecule has 0 radical (unpaired) electrons. The lowest BCUT2D eigenvalue weighted by Gasteiger charge is -2.16. The molecule has 0 spiro atoms. The summed E-state index contributed by atoms with van der Waals surface area (Å²) in [7, 11) is 0. The molecule has 6 heteroatoms. The van der Waals surface area contributed by atoms with Gasteiger partial charge >= 0.3 is 0 Å². The molecule has 1 atom stereocenters. The molecule has 2 aliphatic rings. The molecular weight excluding hydrogens is 246 g/mol. The number of fused-ring (bicyclic) bond motifs is 1. The lowest BCUT2D eigenvalue weighted by Crippen LogP contribution is -2.25. The number of aromatic amines is 1. The van der Waals surface area contributed by atoms with Crippen molar-refractivity contribution in [3.63, 3.8) is 0 Å². The van der Waals surface area contributed by atoms with Crippen molar-refractivity contribution in [1.29, 1.82) is 0 Å². The topological polar surface area (TPSA) is 67.5 Å². The summed E-state index contributed by atoms with van der Waals surface area (Å²) >= 11 is 0. The SMILES string of the molecule is Cc1nc2c(c(=O)[nH]1)CN(CCOC1CCOC1)C2. The molecule has 1 N–H and O–H groups in total. The first-order valence-electron chi connectivity index (χ1n) is 6.73. The van der Waals surface area contributed by atoms with E-state index in [2.05, 4.69) is 14.9 Å². The van der Waals surface area contributed by atoms with Crippen LogP contribution in [0.3, 0.4) is 0 Å². The highest BCUT2D eigenvalue weighted by atomic mass is 16.5. The van der Waals surface area contributed by atoms with Gasteiger partial charge in [-0.3, -0.25) is 9.69 Å². The fourth-order valence-corrected chi connectivity index (χ4v) is 2.60. The van der Waals surface area contributed by atoms with Crippen molar-refractivity contribution in [2.75, 3.05) is 26.4 Å². The Morgan fingerprint density at radius 1 is 1.53 bits per heavy atom. The van der Waals surface area contributed by atoms with Crippen molar-refractivity contribution in [1.82, 2.24) is 14.9 Å². The Morgan fingerprint density at radius 3 is 3.21 bits per heavy atom. The number of H-pyrrole nitrogens is 1. The fourth-order valence-electron chi connectivity index (χ4n) is 2.60. The van der Waals surface area contributed by atoms with Crippen LogP contribution in [-0.2, 0) is 22.6 Å². The Balaban J connectivity index is 1.52. The van der Waals surface area contributed by atoms with Crippen molar-refractivity contribution < 1.29 is 9.47 Å². The number of ether oxygens (including phenoxy) is 2. The molecule has 2 aliphatic heterocycles. The maximum absolute atomic E-state index is 11.8. The molecule has 1 unspecified atom stereocenters. The Labute approximate surface area is 111 Å². The van der Waals surface area contributed by atoms with E-state index in [0.717, 1.165) is 37.4 Å². The van der Waals surface area contributed by atoms with Gasteiger partial charge in [-0.15, -0.1) is 0 Å². The van der Waals surface area contributed by atoms with E-state index in [1.54, 1.807) is 0 Å². The van der Waals surface area contributed by atoms with E-state index < -0.39 is 0 Å². The molecule has 0 aromatic carbocycles. The maximum atomic E-state index is 11.8. The fraction of sp³-hybridized carbons (Fsp3) is 0.692. The van der Waals surface area contributed by atoms with Gasteiger partial charge < -0.3 is 14.5 Å². The average molecular weight is 265 g/mol. The van der Waals surface area contributed by atoms with E-state index in [9.17, 15) is 4.79 Å². The maximum Gasteiger partial charge on any atom is 0.255 e. The summed E-state index contributed by atoms with van der Waals surface area (Å²) in [6, 6.07) is 0. The molecule has 1 saturated heterocycles. The summed E-state index contributed by atoms with van der Waals surface area (Å²) < 4.78 is 11.0. The van der Waals surface area contributed by atoms with Crippen LogP contribution < -0.4 is 5.56 Å². The van der Waals surface area contributed by atoms with E-state index in [1.807, 2.05) is 6.92 Å². The second kappa shape index (κ2) is 5.40. The Bertz CT molecular complexity index is 508. The molecule has 1 aromatic rings. The molecule has 3 heterocycles. The zero-order valence-electron chi connectivity index (χ0n) is 11.1. The number of nitrogens with one attached hydrogen (secondary N) is 1. The first-order valence-corrected chi connectivity index (χ1v) is 6.73. The summed E-state index contributed by atoms with van der Waals surface area (Å²) in [5.74, 6) is 0.685. The largest absolute Gasteiger partial charge is 0.379 e. The van der Waals surface area contributed by atoms with E-state index >= 15 is 0 Å². The van der Waals surface area contributed by atoms with Crippen LogP contribution in [0.1, 0.15) is 23.5 Å². The second-order valence-corrected chi connectivity index (χ2v) is 5.14. The van der Waals surface area contributed by atoms with Crippen LogP contribution in [-0.4, -0.2) is 47.3 Å². The van der Waals surface area contributed by atoms with Crippen LogP contribution in [0.25, 0.3) is 0 Å². The third kappa shape index (κ3) is 2.86. The molecule has 0 saturated carbocycles. The van der Waals surface area contributed by atoms with Gasteiger partial charge in [0.15, 0.2) is 0 Å². The highest BCUT2D eigenvalue weighted by Crippen LogP contribution is 2.17. The van der Waals surface area contributed by atoms with Crippen LogP contribution >= 0.6 is 0 Å². The molecule has 104 valence electrons. The van der Waals surface area contributed by atoms with Crippen LogP contribution in [0.15, 0.2) is 4.79 Å². The molecule has 6 nitrogen and oxygen atoms in total. The van der Waals surface area contributed by atoms with Gasteiger partial charge in [-0.2, -0.15) is 0 Å². The van der Waals surface area contributed by atoms with Gasteiger partial charge in [0, 0.05) is 26.2 Å². The Kier molecular flexibility index (Phi) is 3.63. The van der Waals surface area contributed by atoms with Crippen molar-refractivity contribution in [3.05, 3.63) is 27.4 Å². The summed E-state index contributed by atoms with van der Waals surface area (Å²) in [6.07, 6.45) is 1.23. The molecule has 3 rings (SSSR count). The van der Waals surface area contributed by atoms with Crippen LogP contribution in [0.4, 0.5) is 0 Å². The van der Waals surface area contributed by atoms with Crippen LogP contribution in [0, 0.1) is 6.92 Å². The van der Waals surface area contributed by atoms with Gasteiger partial charge in [0.05, 0.1) is 30.6 Å². The first-order chi connectivity index (χ1) is 9.22. The normalized spacial score (nSPS) is 22.9. The van der Waals surface area contributed by atoms with E-state index in [-0.39, 0.29) is 11.7 Å². The Hall–Kier alpha value is -1.24. The smallest absolute Gasteiger partial charge is 0.255 e. The van der Waals surface area contributed by atoms with Gasteiger partial charge in [-0.05, 0) is 13.3 Å². The quantitative estimate of drug-likeness (QED) is 0.842. The highest BCUT2D eigenvalue weighted by Gasteiger charge is 2.23. The lowest BCUT2D eigenvalue weighted by molar-refractivity contribution is 0.0291. The third-order valence-electron chi connectivity index (χ3n) is 3.62. The van der Waals surface area contributed by atoms with Gasteiger partial charge in [0.1, 0.15) is 5.82 Å². The minimum absolute atomic E-state index is 0.00453. The van der Waals surface area contributed by atoms with Gasteiger partial charge in [0.25, 0.3) is 5.56 Å². The molecule has 1 fully saturated rings. The monoisotopic (exact) mass is 265 g/mol. The number of hydrogen-bond donors (Lipinski definition) is 1. The molecule has 19 heavy (non-hydrogen) atoms. The number of rotatable bonds is 4. The van der Waals surface area contributed by atoms with Crippen molar-refractivity contribution in [2.45, 2.75) is 32.5 Å². The molecule has 0 amide bonds. The zero-order valence-corrected chi connectivity index (χ0v) is 11.1. The molecule has 0 bridgehead atoms. The van der Waals surface area contributed by atoms with Crippen molar-refractivity contribution >= 4 is 0 Å². The van der Waals surface area contributed by atoms with E-state index in [0.29, 0.717) is 25.6 Å². The number of hydrogen-bond acceptors (Lipinski definition) is 5. The molecular formula is C13H19N3O3. The molecule has 0 aliphatic carbocycles. The zero-order chi connectivity index (χ0) is 13.2.